The number of benzene rings is 1. The van der Waals surface area contributed by atoms with E-state index in [0.29, 0.717) is 6.54 Å². The van der Waals surface area contributed by atoms with Crippen molar-refractivity contribution in [3.05, 3.63) is 52.0 Å². The van der Waals surface area contributed by atoms with Gasteiger partial charge in [0, 0.05) is 30.6 Å². The van der Waals surface area contributed by atoms with Gasteiger partial charge in [-0.05, 0) is 55.8 Å². The van der Waals surface area contributed by atoms with Crippen LogP contribution >= 0.6 is 11.3 Å². The minimum absolute atomic E-state index is 0.0779. The number of likely N-dealkylation sites (tertiary alicyclic amines) is 1. The van der Waals surface area contributed by atoms with Gasteiger partial charge >= 0.3 is 0 Å². The predicted molar refractivity (Wildman–Crippen MR) is 100 cm³/mol. The number of halogens is 2. The molecule has 2 aromatic rings. The zero-order valence-electron chi connectivity index (χ0n) is 15.0. The Morgan fingerprint density at radius 3 is 2.85 bits per heavy atom. The molecule has 144 valence electrons. The minimum Gasteiger partial charge on any atom is -0.346 e. The molecule has 2 aliphatic rings. The molecule has 1 aromatic heterocycles. The van der Waals surface area contributed by atoms with Crippen LogP contribution in [0.3, 0.4) is 0 Å². The molecule has 1 saturated heterocycles. The zero-order chi connectivity index (χ0) is 18.8. The Labute approximate surface area is 161 Å². The third-order valence-electron chi connectivity index (χ3n) is 5.37. The van der Waals surface area contributed by atoms with Gasteiger partial charge in [-0.15, -0.1) is 11.3 Å². The number of hydrogen-bond donors (Lipinski definition) is 1. The Morgan fingerprint density at radius 1 is 1.30 bits per heavy atom. The molecule has 1 aromatic carbocycles. The topological polar surface area (TPSA) is 45.2 Å². The molecule has 0 radical (unpaired) electrons. The minimum atomic E-state index is -0.818. The van der Waals surface area contributed by atoms with E-state index in [4.69, 9.17) is 0 Å². The Bertz CT molecular complexity index is 795. The van der Waals surface area contributed by atoms with Gasteiger partial charge < -0.3 is 5.32 Å². The van der Waals surface area contributed by atoms with Gasteiger partial charge in [0.05, 0.1) is 6.04 Å². The molecule has 4 rings (SSSR count). The molecule has 7 heteroatoms. The highest BCUT2D eigenvalue weighted by Gasteiger charge is 2.36. The van der Waals surface area contributed by atoms with Crippen molar-refractivity contribution in [2.24, 2.45) is 11.8 Å². The van der Waals surface area contributed by atoms with E-state index < -0.39 is 11.6 Å². The van der Waals surface area contributed by atoms with Crippen LogP contribution in [-0.4, -0.2) is 28.9 Å². The third kappa shape index (κ3) is 4.52. The number of amides is 1. The standard InChI is InChI=1S/C20H23F2N3OS/c21-16-6-3-13(10-17(16)22)11-25-8-1-2-15(12-25)18(20-23-7-9-27-20)24-19(26)14-4-5-14/h3,6-7,9-10,14-15,18H,1-2,4-5,8,11-12H2,(H,24,26)/t15-,18+/m1/s1. The molecular formula is C20H23F2N3OS. The summed E-state index contributed by atoms with van der Waals surface area (Å²) in [6.07, 6.45) is 5.75. The van der Waals surface area contributed by atoms with Crippen LogP contribution in [-0.2, 0) is 11.3 Å². The second kappa shape index (κ2) is 8.02. The van der Waals surface area contributed by atoms with Gasteiger partial charge in [-0.25, -0.2) is 13.8 Å². The highest BCUT2D eigenvalue weighted by Crippen LogP contribution is 2.34. The largest absolute Gasteiger partial charge is 0.346 e. The van der Waals surface area contributed by atoms with Gasteiger partial charge in [-0.2, -0.15) is 0 Å². The number of nitrogens with zero attached hydrogens (tertiary/aromatic N) is 2. The average Bonchev–Trinajstić information content (AvgIpc) is 3.38. The maximum atomic E-state index is 13.5. The van der Waals surface area contributed by atoms with Crippen molar-refractivity contribution in [3.63, 3.8) is 0 Å². The Hall–Kier alpha value is -1.86. The highest BCUT2D eigenvalue weighted by atomic mass is 32.1. The molecule has 1 aliphatic carbocycles. The van der Waals surface area contributed by atoms with E-state index in [1.165, 1.54) is 12.1 Å². The molecule has 4 nitrogen and oxygen atoms in total. The number of nitrogens with one attached hydrogen (secondary N) is 1. The maximum absolute atomic E-state index is 13.5. The molecule has 1 amide bonds. The first-order valence-corrected chi connectivity index (χ1v) is 10.3. The highest BCUT2D eigenvalue weighted by molar-refractivity contribution is 7.09. The summed E-state index contributed by atoms with van der Waals surface area (Å²) < 4.78 is 26.7. The summed E-state index contributed by atoms with van der Waals surface area (Å²) in [5, 5.41) is 6.11. The van der Waals surface area contributed by atoms with Gasteiger partial charge in [-0.3, -0.25) is 9.69 Å². The SMILES string of the molecule is O=C(N[C@H](c1nccs1)[C@@H]1CCCN(Cc2ccc(F)c(F)c2)C1)C1CC1. The van der Waals surface area contributed by atoms with Crippen LogP contribution in [0.2, 0.25) is 0 Å². The summed E-state index contributed by atoms with van der Waals surface area (Å²) in [6, 6.07) is 4.01. The van der Waals surface area contributed by atoms with Crippen molar-refractivity contribution in [2.45, 2.75) is 38.3 Å². The second-order valence-electron chi connectivity index (χ2n) is 7.52. The summed E-state index contributed by atoms with van der Waals surface area (Å²) >= 11 is 1.57. The van der Waals surface area contributed by atoms with Crippen LogP contribution in [0.25, 0.3) is 0 Å². The smallest absolute Gasteiger partial charge is 0.223 e. The van der Waals surface area contributed by atoms with E-state index in [1.807, 2.05) is 5.38 Å². The van der Waals surface area contributed by atoms with E-state index in [0.717, 1.165) is 49.3 Å². The molecule has 2 heterocycles. The van der Waals surface area contributed by atoms with Crippen LogP contribution in [0, 0.1) is 23.5 Å². The summed E-state index contributed by atoms with van der Waals surface area (Å²) in [5.41, 5.74) is 0.766. The van der Waals surface area contributed by atoms with Gasteiger partial charge in [0.25, 0.3) is 0 Å². The molecular weight excluding hydrogens is 368 g/mol. The molecule has 27 heavy (non-hydrogen) atoms. The molecule has 2 atom stereocenters. The van der Waals surface area contributed by atoms with E-state index in [2.05, 4.69) is 15.2 Å². The van der Waals surface area contributed by atoms with Crippen molar-refractivity contribution in [1.29, 1.82) is 0 Å². The first-order chi connectivity index (χ1) is 13.1. The summed E-state index contributed by atoms with van der Waals surface area (Å²) in [5.74, 6) is -1.07. The lowest BCUT2D eigenvalue weighted by Crippen LogP contribution is -2.43. The van der Waals surface area contributed by atoms with Crippen LogP contribution in [0.4, 0.5) is 8.78 Å². The lowest BCUT2D eigenvalue weighted by Gasteiger charge is -2.36. The number of hydrogen-bond acceptors (Lipinski definition) is 4. The fraction of sp³-hybridized carbons (Fsp3) is 0.500. The quantitative estimate of drug-likeness (QED) is 0.812. The third-order valence-corrected chi connectivity index (χ3v) is 6.23. The summed E-state index contributed by atoms with van der Waals surface area (Å²) in [7, 11) is 0. The van der Waals surface area contributed by atoms with Crippen molar-refractivity contribution in [3.8, 4) is 0 Å². The molecule has 1 saturated carbocycles. The number of rotatable bonds is 6. The summed E-state index contributed by atoms with van der Waals surface area (Å²) in [4.78, 5) is 19.1. The molecule has 0 unspecified atom stereocenters. The van der Waals surface area contributed by atoms with Gasteiger partial charge in [0.2, 0.25) is 5.91 Å². The zero-order valence-corrected chi connectivity index (χ0v) is 15.9. The van der Waals surface area contributed by atoms with Crippen LogP contribution in [0.15, 0.2) is 29.8 Å². The number of carbonyl (C=O) groups excluding carboxylic acids is 1. The molecule has 2 fully saturated rings. The number of carbonyl (C=O) groups is 1. The molecule has 0 bridgehead atoms. The number of piperidine rings is 1. The lowest BCUT2D eigenvalue weighted by molar-refractivity contribution is -0.123. The Balaban J connectivity index is 1.45. The van der Waals surface area contributed by atoms with E-state index in [-0.39, 0.29) is 23.8 Å². The second-order valence-corrected chi connectivity index (χ2v) is 8.44. The van der Waals surface area contributed by atoms with Crippen LogP contribution in [0.5, 0.6) is 0 Å². The van der Waals surface area contributed by atoms with Gasteiger partial charge in [0.15, 0.2) is 11.6 Å². The predicted octanol–water partition coefficient (Wildman–Crippen LogP) is 3.90. The summed E-state index contributed by atoms with van der Waals surface area (Å²) in [6.45, 7) is 2.29. The van der Waals surface area contributed by atoms with Crippen LogP contribution < -0.4 is 5.32 Å². The monoisotopic (exact) mass is 391 g/mol. The molecule has 0 spiro atoms. The van der Waals surface area contributed by atoms with Crippen LogP contribution in [0.1, 0.15) is 42.3 Å². The first-order valence-electron chi connectivity index (χ1n) is 9.46. The maximum Gasteiger partial charge on any atom is 0.223 e. The Morgan fingerprint density at radius 2 is 2.15 bits per heavy atom. The van der Waals surface area contributed by atoms with E-state index in [1.54, 1.807) is 23.6 Å². The average molecular weight is 391 g/mol. The van der Waals surface area contributed by atoms with Crippen molar-refractivity contribution in [1.82, 2.24) is 15.2 Å². The number of thiazole rings is 1. The fourth-order valence-corrected chi connectivity index (χ4v) is 4.57. The molecule has 1 aliphatic heterocycles. The van der Waals surface area contributed by atoms with Gasteiger partial charge in [-0.1, -0.05) is 6.07 Å². The fourth-order valence-electron chi connectivity index (χ4n) is 3.79. The van der Waals surface area contributed by atoms with E-state index >= 15 is 0 Å². The normalized spacial score (nSPS) is 21.8. The van der Waals surface area contributed by atoms with Gasteiger partial charge in [0.1, 0.15) is 5.01 Å². The van der Waals surface area contributed by atoms with Crippen molar-refractivity contribution in [2.75, 3.05) is 13.1 Å². The molecule has 1 N–H and O–H groups in total. The Kier molecular flexibility index (Phi) is 5.50. The lowest BCUT2D eigenvalue weighted by atomic mass is 9.90. The first kappa shape index (κ1) is 18.5. The number of aromatic nitrogens is 1. The van der Waals surface area contributed by atoms with Crippen molar-refractivity contribution < 1.29 is 13.6 Å². The van der Waals surface area contributed by atoms with Crippen molar-refractivity contribution >= 4 is 17.2 Å². The van der Waals surface area contributed by atoms with E-state index in [9.17, 15) is 13.6 Å².